The topological polar surface area (TPSA) is 32.3 Å². The monoisotopic (exact) mass is 290 g/mol. The molecule has 6 heteroatoms. The molecule has 0 aromatic heterocycles. The number of alkyl halides is 3. The van der Waals surface area contributed by atoms with E-state index < -0.39 is 23.0 Å². The van der Waals surface area contributed by atoms with Gasteiger partial charge >= 0.3 is 0 Å². The van der Waals surface area contributed by atoms with Gasteiger partial charge in [0.15, 0.2) is 0 Å². The number of carbonyl (C=O) groups is 1. The molecule has 0 radical (unpaired) electrons. The Morgan fingerprint density at radius 1 is 1.30 bits per heavy atom. The summed E-state index contributed by atoms with van der Waals surface area (Å²) in [5, 5.41) is 2.76. The predicted molar refractivity (Wildman–Crippen MR) is 68.3 cm³/mol. The van der Waals surface area contributed by atoms with E-state index in [-0.39, 0.29) is 31.5 Å². The van der Waals surface area contributed by atoms with Crippen molar-refractivity contribution >= 4 is 5.91 Å². The Morgan fingerprint density at radius 3 is 2.35 bits per heavy atom. The smallest absolute Gasteiger partial charge is 0.265 e. The third-order valence-electron chi connectivity index (χ3n) is 5.00. The maximum atomic E-state index is 13.9. The van der Waals surface area contributed by atoms with Crippen LogP contribution < -0.4 is 5.32 Å². The summed E-state index contributed by atoms with van der Waals surface area (Å²) in [7, 11) is 0. The highest BCUT2D eigenvalue weighted by molar-refractivity contribution is 5.78. The quantitative estimate of drug-likeness (QED) is 0.860. The van der Waals surface area contributed by atoms with Crippen LogP contribution in [0.1, 0.15) is 39.5 Å². The lowest BCUT2D eigenvalue weighted by Crippen LogP contribution is -2.76. The molecule has 20 heavy (non-hydrogen) atoms. The first-order chi connectivity index (χ1) is 9.13. The number of hydrogen-bond acceptors (Lipinski definition) is 2. The summed E-state index contributed by atoms with van der Waals surface area (Å²) in [5.41, 5.74) is -1.50. The van der Waals surface area contributed by atoms with E-state index in [2.05, 4.69) is 5.32 Å². The summed E-state index contributed by atoms with van der Waals surface area (Å²) in [6.07, 6.45) is 0.887. The van der Waals surface area contributed by atoms with Crippen LogP contribution in [0.3, 0.4) is 0 Å². The molecule has 1 aliphatic heterocycles. The summed E-state index contributed by atoms with van der Waals surface area (Å²) in [5.74, 6) is -4.11. The molecule has 4 rings (SSSR count). The lowest BCUT2D eigenvalue weighted by Gasteiger charge is -2.65. The molecule has 1 heterocycles. The highest BCUT2D eigenvalue weighted by Gasteiger charge is 2.70. The van der Waals surface area contributed by atoms with Gasteiger partial charge in [-0.3, -0.25) is 9.69 Å². The Bertz CT molecular complexity index is 418. The summed E-state index contributed by atoms with van der Waals surface area (Å²) < 4.78 is 41.2. The van der Waals surface area contributed by atoms with E-state index in [1.54, 1.807) is 4.90 Å². The van der Waals surface area contributed by atoms with E-state index in [1.165, 1.54) is 0 Å². The first-order valence-corrected chi connectivity index (χ1v) is 7.25. The van der Waals surface area contributed by atoms with Crippen molar-refractivity contribution in [2.75, 3.05) is 13.1 Å². The van der Waals surface area contributed by atoms with Gasteiger partial charge in [-0.15, -0.1) is 0 Å². The molecule has 1 atom stereocenters. The number of nitrogens with one attached hydrogen (secondary N) is 1. The Balaban J connectivity index is 1.53. The largest absolute Gasteiger partial charge is 0.350 e. The molecule has 1 saturated heterocycles. The highest BCUT2D eigenvalue weighted by atomic mass is 19.3. The van der Waals surface area contributed by atoms with Crippen LogP contribution >= 0.6 is 0 Å². The molecule has 4 fully saturated rings. The van der Waals surface area contributed by atoms with Gasteiger partial charge in [0.1, 0.15) is 5.67 Å². The fourth-order valence-corrected chi connectivity index (χ4v) is 3.86. The van der Waals surface area contributed by atoms with Crippen LogP contribution in [0, 0.1) is 5.92 Å². The molecule has 3 nitrogen and oxygen atoms in total. The molecular formula is C14H21F3N2O. The number of likely N-dealkylation sites (tertiary alicyclic amines) is 1. The molecule has 3 saturated carbocycles. The Hall–Kier alpha value is -0.780. The minimum atomic E-state index is -2.82. The zero-order chi connectivity index (χ0) is 14.8. The third-order valence-corrected chi connectivity index (χ3v) is 5.00. The second-order valence-electron chi connectivity index (χ2n) is 7.19. The van der Waals surface area contributed by atoms with Gasteiger partial charge in [0.2, 0.25) is 5.91 Å². The molecule has 0 spiro atoms. The normalized spacial score (nSPS) is 42.2. The second-order valence-corrected chi connectivity index (χ2v) is 7.19. The van der Waals surface area contributed by atoms with Gasteiger partial charge in [0.25, 0.3) is 5.92 Å². The van der Waals surface area contributed by atoms with Crippen LogP contribution in [0.4, 0.5) is 13.2 Å². The van der Waals surface area contributed by atoms with Crippen molar-refractivity contribution in [2.24, 2.45) is 5.92 Å². The van der Waals surface area contributed by atoms with E-state index >= 15 is 0 Å². The van der Waals surface area contributed by atoms with Gasteiger partial charge in [-0.25, -0.2) is 13.2 Å². The number of rotatable bonds is 4. The third kappa shape index (κ3) is 2.22. The van der Waals surface area contributed by atoms with E-state index in [0.29, 0.717) is 19.3 Å². The number of amides is 1. The van der Waals surface area contributed by atoms with E-state index in [1.807, 2.05) is 13.8 Å². The van der Waals surface area contributed by atoms with E-state index in [4.69, 9.17) is 0 Å². The van der Waals surface area contributed by atoms with Crippen LogP contribution in [0.25, 0.3) is 0 Å². The molecule has 1 unspecified atom stereocenters. The fraction of sp³-hybridized carbons (Fsp3) is 0.929. The molecule has 1 amide bonds. The minimum absolute atomic E-state index is 0.0537. The first-order valence-electron chi connectivity index (χ1n) is 7.25. The molecule has 3 aliphatic carbocycles. The lowest BCUT2D eigenvalue weighted by molar-refractivity contribution is -0.176. The number of halogens is 3. The van der Waals surface area contributed by atoms with Crippen molar-refractivity contribution in [3.05, 3.63) is 0 Å². The lowest BCUT2D eigenvalue weighted by atomic mass is 9.47. The SMILES string of the molecule is CC(C)N1CC(CC(=O)NC23CC(F)(C2)C3)C(F)(F)C1. The summed E-state index contributed by atoms with van der Waals surface area (Å²) in [4.78, 5) is 13.6. The average molecular weight is 290 g/mol. The van der Waals surface area contributed by atoms with Crippen LogP contribution in [0.5, 0.6) is 0 Å². The minimum Gasteiger partial charge on any atom is -0.350 e. The predicted octanol–water partition coefficient (Wildman–Crippen LogP) is 2.11. The van der Waals surface area contributed by atoms with Crippen molar-refractivity contribution in [2.45, 2.75) is 62.7 Å². The average Bonchev–Trinajstić information content (AvgIpc) is 2.51. The summed E-state index contributed by atoms with van der Waals surface area (Å²) >= 11 is 0. The van der Waals surface area contributed by atoms with Gasteiger partial charge in [0.05, 0.1) is 6.54 Å². The van der Waals surface area contributed by atoms with Gasteiger partial charge in [-0.1, -0.05) is 0 Å². The van der Waals surface area contributed by atoms with Crippen LogP contribution in [-0.4, -0.2) is 47.1 Å². The zero-order valence-corrected chi connectivity index (χ0v) is 11.9. The molecule has 1 N–H and O–H groups in total. The van der Waals surface area contributed by atoms with Crippen LogP contribution in [0.2, 0.25) is 0 Å². The molecule has 4 aliphatic rings. The number of carbonyl (C=O) groups excluding carboxylic acids is 1. The molecule has 0 aromatic carbocycles. The molecule has 0 aromatic rings. The highest BCUT2D eigenvalue weighted by Crippen LogP contribution is 2.62. The van der Waals surface area contributed by atoms with Crippen LogP contribution in [0.15, 0.2) is 0 Å². The van der Waals surface area contributed by atoms with E-state index in [9.17, 15) is 18.0 Å². The van der Waals surface area contributed by atoms with Gasteiger partial charge in [-0.05, 0) is 13.8 Å². The van der Waals surface area contributed by atoms with E-state index in [0.717, 1.165) is 0 Å². The van der Waals surface area contributed by atoms with Gasteiger partial charge in [-0.2, -0.15) is 0 Å². The number of hydrogen-bond donors (Lipinski definition) is 1. The van der Waals surface area contributed by atoms with Crippen molar-refractivity contribution < 1.29 is 18.0 Å². The number of nitrogens with zero attached hydrogens (tertiary/aromatic N) is 1. The Kier molecular flexibility index (Phi) is 2.92. The van der Waals surface area contributed by atoms with Crippen molar-refractivity contribution in [1.82, 2.24) is 10.2 Å². The van der Waals surface area contributed by atoms with Gasteiger partial charge in [0, 0.05) is 49.7 Å². The Labute approximate surface area is 116 Å². The standard InChI is InChI=1S/C14H21F3N2O/c1-9(2)19-4-10(14(16,17)8-19)3-11(20)18-13-5-12(15,6-13)7-13/h9-10H,3-8H2,1-2H3,(H,18,20). The Morgan fingerprint density at radius 2 is 1.90 bits per heavy atom. The second kappa shape index (κ2) is 4.12. The molecular weight excluding hydrogens is 269 g/mol. The van der Waals surface area contributed by atoms with Crippen molar-refractivity contribution in [3.8, 4) is 0 Å². The summed E-state index contributed by atoms with van der Waals surface area (Å²) in [6, 6.07) is 0.0537. The molecule has 114 valence electrons. The van der Waals surface area contributed by atoms with Crippen molar-refractivity contribution in [3.63, 3.8) is 0 Å². The van der Waals surface area contributed by atoms with Crippen molar-refractivity contribution in [1.29, 1.82) is 0 Å². The fourth-order valence-electron chi connectivity index (χ4n) is 3.86. The maximum Gasteiger partial charge on any atom is 0.265 e. The maximum absolute atomic E-state index is 13.9. The van der Waals surface area contributed by atoms with Gasteiger partial charge < -0.3 is 5.32 Å². The first kappa shape index (κ1) is 14.2. The summed E-state index contributed by atoms with van der Waals surface area (Å²) in [6.45, 7) is 3.72. The molecule has 2 bridgehead atoms. The zero-order valence-electron chi connectivity index (χ0n) is 11.9. The van der Waals surface area contributed by atoms with Crippen LogP contribution in [-0.2, 0) is 4.79 Å².